The second-order valence-electron chi connectivity index (χ2n) is 7.27. The van der Waals surface area contributed by atoms with Crippen LogP contribution in [0.2, 0.25) is 0 Å². The van der Waals surface area contributed by atoms with E-state index >= 15 is 0 Å². The SMILES string of the molecule is CC1CC2C(=O)N(CC3(CO)CCCCC3)C(=O)C2C1. The number of hydrogen-bond donors (Lipinski definition) is 1. The topological polar surface area (TPSA) is 57.6 Å². The van der Waals surface area contributed by atoms with Crippen molar-refractivity contribution < 1.29 is 14.7 Å². The van der Waals surface area contributed by atoms with Gasteiger partial charge >= 0.3 is 0 Å². The second-order valence-corrected chi connectivity index (χ2v) is 7.27. The first kappa shape index (κ1) is 14.1. The number of carbonyl (C=O) groups excluding carboxylic acids is 2. The molecule has 2 amide bonds. The molecule has 4 heteroatoms. The first-order chi connectivity index (χ1) is 9.56. The van der Waals surface area contributed by atoms with Crippen LogP contribution in [0.3, 0.4) is 0 Å². The van der Waals surface area contributed by atoms with Gasteiger partial charge in [0.15, 0.2) is 0 Å². The van der Waals surface area contributed by atoms with Crippen LogP contribution in [0.15, 0.2) is 0 Å². The lowest BCUT2D eigenvalue weighted by Crippen LogP contribution is -2.45. The maximum absolute atomic E-state index is 12.5. The number of fused-ring (bicyclic) bond motifs is 1. The third kappa shape index (κ3) is 2.18. The van der Waals surface area contributed by atoms with Gasteiger partial charge in [0.1, 0.15) is 0 Å². The molecule has 1 saturated heterocycles. The van der Waals surface area contributed by atoms with E-state index in [1.54, 1.807) is 0 Å². The Labute approximate surface area is 120 Å². The number of rotatable bonds is 3. The Kier molecular flexibility index (Phi) is 3.61. The summed E-state index contributed by atoms with van der Waals surface area (Å²) < 4.78 is 0. The molecule has 2 saturated carbocycles. The van der Waals surface area contributed by atoms with Gasteiger partial charge in [-0.2, -0.15) is 0 Å². The van der Waals surface area contributed by atoms with Crippen molar-refractivity contribution in [1.29, 1.82) is 0 Å². The monoisotopic (exact) mass is 279 g/mol. The molecule has 1 aliphatic heterocycles. The molecule has 4 nitrogen and oxygen atoms in total. The maximum Gasteiger partial charge on any atom is 0.233 e. The van der Waals surface area contributed by atoms with Gasteiger partial charge in [-0.05, 0) is 31.6 Å². The van der Waals surface area contributed by atoms with Gasteiger partial charge in [-0.15, -0.1) is 0 Å². The number of nitrogens with zero attached hydrogens (tertiary/aromatic N) is 1. The summed E-state index contributed by atoms with van der Waals surface area (Å²) in [6.45, 7) is 2.66. The van der Waals surface area contributed by atoms with E-state index in [4.69, 9.17) is 0 Å². The van der Waals surface area contributed by atoms with E-state index in [0.717, 1.165) is 38.5 Å². The van der Waals surface area contributed by atoms with Crippen LogP contribution < -0.4 is 0 Å². The van der Waals surface area contributed by atoms with Crippen LogP contribution in [-0.2, 0) is 9.59 Å². The fourth-order valence-corrected chi connectivity index (χ4v) is 4.51. The van der Waals surface area contributed by atoms with Gasteiger partial charge in [-0.1, -0.05) is 26.2 Å². The number of aliphatic hydroxyl groups excluding tert-OH is 1. The molecular weight excluding hydrogens is 254 g/mol. The van der Waals surface area contributed by atoms with Crippen molar-refractivity contribution >= 4 is 11.8 Å². The van der Waals surface area contributed by atoms with Crippen molar-refractivity contribution in [3.63, 3.8) is 0 Å². The van der Waals surface area contributed by atoms with Gasteiger partial charge in [0, 0.05) is 12.0 Å². The second kappa shape index (κ2) is 5.14. The van der Waals surface area contributed by atoms with Crippen LogP contribution in [0.5, 0.6) is 0 Å². The highest BCUT2D eigenvalue weighted by Crippen LogP contribution is 2.45. The van der Waals surface area contributed by atoms with Gasteiger partial charge < -0.3 is 5.11 Å². The molecule has 0 spiro atoms. The summed E-state index contributed by atoms with van der Waals surface area (Å²) in [6.07, 6.45) is 6.99. The molecular formula is C16H25NO3. The minimum atomic E-state index is -0.228. The molecule has 3 aliphatic rings. The Bertz CT molecular complexity index is 390. The Balaban J connectivity index is 1.75. The lowest BCUT2D eigenvalue weighted by molar-refractivity contribution is -0.143. The number of imide groups is 1. The summed E-state index contributed by atoms with van der Waals surface area (Å²) in [7, 11) is 0. The summed E-state index contributed by atoms with van der Waals surface area (Å²) in [5.41, 5.74) is -0.228. The average Bonchev–Trinajstić information content (AvgIpc) is 2.94. The van der Waals surface area contributed by atoms with Gasteiger partial charge in [0.25, 0.3) is 0 Å². The summed E-state index contributed by atoms with van der Waals surface area (Å²) in [5, 5.41) is 9.77. The van der Waals surface area contributed by atoms with Crippen LogP contribution in [0.25, 0.3) is 0 Å². The highest BCUT2D eigenvalue weighted by Gasteiger charge is 2.53. The summed E-state index contributed by atoms with van der Waals surface area (Å²) in [5.74, 6) is 0.403. The average molecular weight is 279 g/mol. The summed E-state index contributed by atoms with van der Waals surface area (Å²) >= 11 is 0. The predicted octanol–water partition coefficient (Wildman–Crippen LogP) is 1.96. The highest BCUT2D eigenvalue weighted by molar-refractivity contribution is 6.05. The smallest absolute Gasteiger partial charge is 0.233 e. The first-order valence-corrected chi connectivity index (χ1v) is 8.02. The van der Waals surface area contributed by atoms with Crippen molar-refractivity contribution in [3.05, 3.63) is 0 Å². The molecule has 0 radical (unpaired) electrons. The standard InChI is InChI=1S/C16H25NO3/c1-11-7-12-13(8-11)15(20)17(14(12)19)9-16(10-18)5-3-2-4-6-16/h11-13,18H,2-10H2,1H3. The van der Waals surface area contributed by atoms with E-state index in [1.807, 2.05) is 0 Å². The van der Waals surface area contributed by atoms with Crippen molar-refractivity contribution in [2.75, 3.05) is 13.2 Å². The number of hydrogen-bond acceptors (Lipinski definition) is 3. The molecule has 0 bridgehead atoms. The van der Waals surface area contributed by atoms with Crippen molar-refractivity contribution in [2.45, 2.75) is 51.9 Å². The van der Waals surface area contributed by atoms with Crippen molar-refractivity contribution in [3.8, 4) is 0 Å². The van der Waals surface area contributed by atoms with Crippen molar-refractivity contribution in [1.82, 2.24) is 4.90 Å². The number of carbonyl (C=O) groups is 2. The molecule has 1 heterocycles. The number of likely N-dealkylation sites (tertiary alicyclic amines) is 1. The normalized spacial score (nSPS) is 36.5. The van der Waals surface area contributed by atoms with E-state index in [9.17, 15) is 14.7 Å². The molecule has 0 aromatic heterocycles. The zero-order valence-corrected chi connectivity index (χ0v) is 12.3. The number of amides is 2. The quantitative estimate of drug-likeness (QED) is 0.803. The third-order valence-corrected chi connectivity index (χ3v) is 5.71. The lowest BCUT2D eigenvalue weighted by Gasteiger charge is -2.38. The third-order valence-electron chi connectivity index (χ3n) is 5.71. The fourth-order valence-electron chi connectivity index (χ4n) is 4.51. The summed E-state index contributed by atoms with van der Waals surface area (Å²) in [4.78, 5) is 26.5. The van der Waals surface area contributed by atoms with E-state index in [1.165, 1.54) is 11.3 Å². The van der Waals surface area contributed by atoms with Crippen LogP contribution >= 0.6 is 0 Å². The minimum absolute atomic E-state index is 0.0303. The Hall–Kier alpha value is -0.900. The van der Waals surface area contributed by atoms with Crippen LogP contribution in [0.4, 0.5) is 0 Å². The van der Waals surface area contributed by atoms with E-state index in [2.05, 4.69) is 6.92 Å². The Morgan fingerprint density at radius 3 is 2.15 bits per heavy atom. The largest absolute Gasteiger partial charge is 0.396 e. The molecule has 2 aliphatic carbocycles. The maximum atomic E-state index is 12.5. The molecule has 3 rings (SSSR count). The zero-order chi connectivity index (χ0) is 14.3. The van der Waals surface area contributed by atoms with Gasteiger partial charge in [-0.3, -0.25) is 14.5 Å². The van der Waals surface area contributed by atoms with E-state index in [-0.39, 0.29) is 35.7 Å². The Morgan fingerprint density at radius 2 is 1.65 bits per heavy atom. The fraction of sp³-hybridized carbons (Fsp3) is 0.875. The van der Waals surface area contributed by atoms with Crippen LogP contribution in [-0.4, -0.2) is 35.0 Å². The van der Waals surface area contributed by atoms with E-state index in [0.29, 0.717) is 12.5 Å². The van der Waals surface area contributed by atoms with Gasteiger partial charge in [-0.25, -0.2) is 0 Å². The predicted molar refractivity (Wildman–Crippen MR) is 74.7 cm³/mol. The van der Waals surface area contributed by atoms with Crippen molar-refractivity contribution in [2.24, 2.45) is 23.2 Å². The molecule has 1 N–H and O–H groups in total. The van der Waals surface area contributed by atoms with Gasteiger partial charge in [0.05, 0.1) is 18.4 Å². The first-order valence-electron chi connectivity index (χ1n) is 8.02. The van der Waals surface area contributed by atoms with Gasteiger partial charge in [0.2, 0.25) is 11.8 Å². The molecule has 20 heavy (non-hydrogen) atoms. The number of aliphatic hydroxyl groups is 1. The Morgan fingerprint density at radius 1 is 1.10 bits per heavy atom. The molecule has 2 atom stereocenters. The molecule has 0 aromatic carbocycles. The van der Waals surface area contributed by atoms with E-state index < -0.39 is 0 Å². The molecule has 112 valence electrons. The van der Waals surface area contributed by atoms with Crippen LogP contribution in [0, 0.1) is 23.2 Å². The van der Waals surface area contributed by atoms with Crippen LogP contribution in [0.1, 0.15) is 51.9 Å². The highest BCUT2D eigenvalue weighted by atomic mass is 16.3. The molecule has 0 aromatic rings. The molecule has 2 unspecified atom stereocenters. The summed E-state index contributed by atoms with van der Waals surface area (Å²) in [6, 6.07) is 0. The molecule has 3 fully saturated rings. The zero-order valence-electron chi connectivity index (χ0n) is 12.3. The lowest BCUT2D eigenvalue weighted by atomic mass is 9.74. The minimum Gasteiger partial charge on any atom is -0.396 e.